The van der Waals surface area contributed by atoms with Crippen molar-refractivity contribution in [2.45, 2.75) is 19.5 Å². The van der Waals surface area contributed by atoms with E-state index in [0.717, 1.165) is 11.3 Å². The average molecular weight is 362 g/mol. The number of nitrogens with one attached hydrogen (secondary N) is 1. The predicted molar refractivity (Wildman–Crippen MR) is 101 cm³/mol. The number of ether oxygens (including phenoxy) is 1. The summed E-state index contributed by atoms with van der Waals surface area (Å²) in [6, 6.07) is 16.7. The zero-order valence-electron chi connectivity index (χ0n) is 14.8. The Morgan fingerprint density at radius 2 is 1.89 bits per heavy atom. The summed E-state index contributed by atoms with van der Waals surface area (Å²) in [5.41, 5.74) is 2.09. The van der Waals surface area contributed by atoms with Crippen LogP contribution in [-0.4, -0.2) is 27.3 Å². The van der Waals surface area contributed by atoms with Gasteiger partial charge >= 0.3 is 5.97 Å². The number of carbonyl (C=O) groups is 1. The van der Waals surface area contributed by atoms with Crippen molar-refractivity contribution in [3.05, 3.63) is 65.0 Å². The second-order valence-electron chi connectivity index (χ2n) is 6.11. The van der Waals surface area contributed by atoms with Crippen LogP contribution in [0.15, 0.2) is 59.4 Å². The monoisotopic (exact) mass is 362 g/mol. The molecule has 1 aliphatic rings. The maximum atomic E-state index is 12.6. The average Bonchev–Trinajstić information content (AvgIpc) is 2.68. The first-order valence-corrected chi connectivity index (χ1v) is 8.75. The quantitative estimate of drug-likeness (QED) is 0.718. The number of esters is 1. The van der Waals surface area contributed by atoms with Crippen LogP contribution in [0.4, 0.5) is 5.69 Å². The number of rotatable bonds is 4. The number of aromatic nitrogens is 3. The van der Waals surface area contributed by atoms with E-state index in [1.165, 1.54) is 0 Å². The molecule has 1 aliphatic heterocycles. The lowest BCUT2D eigenvalue weighted by atomic mass is 10.1. The van der Waals surface area contributed by atoms with Crippen LogP contribution < -0.4 is 10.9 Å². The van der Waals surface area contributed by atoms with Gasteiger partial charge in [0, 0.05) is 16.8 Å². The molecule has 0 bridgehead atoms. The molecule has 7 heteroatoms. The smallest absolute Gasteiger partial charge is 0.309 e. The maximum absolute atomic E-state index is 12.6. The number of benzene rings is 2. The van der Waals surface area contributed by atoms with Crippen LogP contribution in [0.25, 0.3) is 22.6 Å². The zero-order valence-corrected chi connectivity index (χ0v) is 14.8. The van der Waals surface area contributed by atoms with Gasteiger partial charge in [0.2, 0.25) is 0 Å². The first kappa shape index (κ1) is 17.0. The van der Waals surface area contributed by atoms with Gasteiger partial charge in [-0.3, -0.25) is 9.59 Å². The van der Waals surface area contributed by atoms with Crippen molar-refractivity contribution in [1.82, 2.24) is 14.8 Å². The van der Waals surface area contributed by atoms with Crippen LogP contribution in [-0.2, 0) is 9.53 Å². The van der Waals surface area contributed by atoms with Crippen LogP contribution >= 0.6 is 0 Å². The molecule has 0 radical (unpaired) electrons. The molecule has 1 aromatic heterocycles. The molecule has 4 rings (SSSR count). The first-order chi connectivity index (χ1) is 13.2. The minimum Gasteiger partial charge on any atom is -0.466 e. The Morgan fingerprint density at radius 3 is 2.67 bits per heavy atom. The van der Waals surface area contributed by atoms with E-state index in [2.05, 4.69) is 15.4 Å². The van der Waals surface area contributed by atoms with Crippen molar-refractivity contribution in [3.63, 3.8) is 0 Å². The third-order valence-electron chi connectivity index (χ3n) is 4.33. The number of para-hydroxylation sites is 1. The minimum atomic E-state index is -0.496. The van der Waals surface area contributed by atoms with Crippen LogP contribution in [0.3, 0.4) is 0 Å². The molecule has 3 aromatic rings. The van der Waals surface area contributed by atoms with Crippen LogP contribution in [0.2, 0.25) is 0 Å². The van der Waals surface area contributed by atoms with Crippen LogP contribution in [0, 0.1) is 0 Å². The third kappa shape index (κ3) is 3.19. The fourth-order valence-corrected chi connectivity index (χ4v) is 3.14. The second-order valence-corrected chi connectivity index (χ2v) is 6.11. The highest BCUT2D eigenvalue weighted by molar-refractivity contribution is 5.78. The maximum Gasteiger partial charge on any atom is 0.309 e. The predicted octanol–water partition coefficient (Wildman–Crippen LogP) is 2.85. The van der Waals surface area contributed by atoms with Gasteiger partial charge in [0.25, 0.3) is 5.56 Å². The molecule has 27 heavy (non-hydrogen) atoms. The molecule has 0 saturated carbocycles. The fraction of sp³-hybridized carbons (Fsp3) is 0.200. The van der Waals surface area contributed by atoms with Crippen LogP contribution in [0.5, 0.6) is 0 Å². The molecular weight excluding hydrogens is 344 g/mol. The lowest BCUT2D eigenvalue weighted by Gasteiger charge is -2.29. The van der Waals surface area contributed by atoms with E-state index in [1.54, 1.807) is 11.6 Å². The normalized spacial score (nSPS) is 14.6. The molecule has 2 aromatic carbocycles. The highest BCUT2D eigenvalue weighted by Gasteiger charge is 2.28. The van der Waals surface area contributed by atoms with Crippen molar-refractivity contribution >= 4 is 11.7 Å². The Morgan fingerprint density at radius 1 is 1.15 bits per heavy atom. The van der Waals surface area contributed by atoms with Gasteiger partial charge in [0.15, 0.2) is 11.5 Å². The van der Waals surface area contributed by atoms with Gasteiger partial charge in [0.1, 0.15) is 6.17 Å². The summed E-state index contributed by atoms with van der Waals surface area (Å²) in [5, 5.41) is 7.85. The second kappa shape index (κ2) is 7.03. The zero-order chi connectivity index (χ0) is 18.8. The molecule has 136 valence electrons. The molecule has 0 fully saturated rings. The Balaban J connectivity index is 1.86. The molecule has 1 N–H and O–H groups in total. The van der Waals surface area contributed by atoms with Gasteiger partial charge in [-0.1, -0.05) is 42.5 Å². The van der Waals surface area contributed by atoms with Gasteiger partial charge < -0.3 is 10.1 Å². The van der Waals surface area contributed by atoms with E-state index < -0.39 is 11.7 Å². The summed E-state index contributed by atoms with van der Waals surface area (Å²) in [6.45, 7) is 2.07. The Bertz CT molecular complexity index is 1050. The molecule has 0 spiro atoms. The van der Waals surface area contributed by atoms with Crippen molar-refractivity contribution in [2.75, 3.05) is 11.9 Å². The van der Waals surface area contributed by atoms with E-state index in [-0.39, 0.29) is 18.1 Å². The van der Waals surface area contributed by atoms with Crippen molar-refractivity contribution in [2.24, 2.45) is 0 Å². The standard InChI is InChI=1S/C20H18N4O3/c1-2-27-17(25)12-16-21-15-11-7-6-10-14(15)19-22-20(26)18(23-24(16)19)13-8-4-3-5-9-13/h3-11,16,21H,2,12H2,1H3. The molecule has 7 nitrogen and oxygen atoms in total. The summed E-state index contributed by atoms with van der Waals surface area (Å²) in [4.78, 5) is 29.0. The summed E-state index contributed by atoms with van der Waals surface area (Å²) in [5.74, 6) is 0.0884. The SMILES string of the molecule is CCOC(=O)CC1Nc2ccccc2-c2nc(=O)c(-c3ccccc3)nn21. The lowest BCUT2D eigenvalue weighted by Crippen LogP contribution is -2.33. The van der Waals surface area contributed by atoms with E-state index >= 15 is 0 Å². The van der Waals surface area contributed by atoms with Gasteiger partial charge in [0.05, 0.1) is 13.0 Å². The minimum absolute atomic E-state index is 0.0704. The van der Waals surface area contributed by atoms with Gasteiger partial charge in [-0.15, -0.1) is 0 Å². The Kier molecular flexibility index (Phi) is 4.42. The van der Waals surface area contributed by atoms with Crippen molar-refractivity contribution < 1.29 is 9.53 Å². The molecule has 1 unspecified atom stereocenters. The molecule has 0 aliphatic carbocycles. The first-order valence-electron chi connectivity index (χ1n) is 8.75. The molecule has 0 amide bonds. The Hall–Kier alpha value is -3.48. The fourth-order valence-electron chi connectivity index (χ4n) is 3.14. The summed E-state index contributed by atoms with van der Waals surface area (Å²) < 4.78 is 6.68. The lowest BCUT2D eigenvalue weighted by molar-refractivity contribution is -0.143. The largest absolute Gasteiger partial charge is 0.466 e. The van der Waals surface area contributed by atoms with E-state index in [0.29, 0.717) is 18.0 Å². The summed E-state index contributed by atoms with van der Waals surface area (Å²) in [7, 11) is 0. The Labute approximate surface area is 155 Å². The molecule has 0 saturated heterocycles. The molecular formula is C20H18N4O3. The van der Waals surface area contributed by atoms with Gasteiger partial charge in [-0.2, -0.15) is 10.1 Å². The summed E-state index contributed by atoms with van der Waals surface area (Å²) >= 11 is 0. The highest BCUT2D eigenvalue weighted by atomic mass is 16.5. The number of hydrogen-bond donors (Lipinski definition) is 1. The molecule has 1 atom stereocenters. The molecule has 2 heterocycles. The van der Waals surface area contributed by atoms with E-state index in [1.807, 2.05) is 54.6 Å². The number of hydrogen-bond acceptors (Lipinski definition) is 6. The van der Waals surface area contributed by atoms with Crippen molar-refractivity contribution in [1.29, 1.82) is 0 Å². The van der Waals surface area contributed by atoms with E-state index in [9.17, 15) is 9.59 Å². The van der Waals surface area contributed by atoms with Crippen LogP contribution in [0.1, 0.15) is 19.5 Å². The highest BCUT2D eigenvalue weighted by Crippen LogP contribution is 2.35. The third-order valence-corrected chi connectivity index (χ3v) is 4.33. The number of nitrogens with zero attached hydrogens (tertiary/aromatic N) is 3. The number of carbonyl (C=O) groups excluding carboxylic acids is 1. The summed E-state index contributed by atoms with van der Waals surface area (Å²) in [6.07, 6.45) is -0.425. The van der Waals surface area contributed by atoms with Gasteiger partial charge in [-0.05, 0) is 19.1 Å². The topological polar surface area (TPSA) is 86.1 Å². The number of fused-ring (bicyclic) bond motifs is 3. The van der Waals surface area contributed by atoms with Crippen molar-refractivity contribution in [3.8, 4) is 22.6 Å². The van der Waals surface area contributed by atoms with E-state index in [4.69, 9.17) is 4.74 Å². The number of anilines is 1. The van der Waals surface area contributed by atoms with Gasteiger partial charge in [-0.25, -0.2) is 4.68 Å².